The highest BCUT2D eigenvalue weighted by Gasteiger charge is 2.39. The minimum Gasteiger partial charge on any atom is -0.351 e. The van der Waals surface area contributed by atoms with Crippen LogP contribution in [0.3, 0.4) is 0 Å². The van der Waals surface area contributed by atoms with Crippen LogP contribution in [0.1, 0.15) is 37.2 Å². The molecular formula is C13H21N5O. The van der Waals surface area contributed by atoms with Gasteiger partial charge in [-0.2, -0.15) is 0 Å². The molecule has 0 unspecified atom stereocenters. The van der Waals surface area contributed by atoms with Gasteiger partial charge in [0.2, 0.25) is 0 Å². The Kier molecular flexibility index (Phi) is 3.99. The second-order valence-corrected chi connectivity index (χ2v) is 5.10. The number of anilines is 1. The van der Waals surface area contributed by atoms with Gasteiger partial charge in [0, 0.05) is 19.6 Å². The average molecular weight is 263 g/mol. The molecule has 0 atom stereocenters. The van der Waals surface area contributed by atoms with Crippen molar-refractivity contribution in [3.63, 3.8) is 0 Å². The molecule has 3 N–H and O–H groups in total. The van der Waals surface area contributed by atoms with Crippen LogP contribution < -0.4 is 16.0 Å². The molecule has 0 saturated carbocycles. The van der Waals surface area contributed by atoms with E-state index in [2.05, 4.69) is 27.3 Å². The van der Waals surface area contributed by atoms with Gasteiger partial charge < -0.3 is 16.0 Å². The van der Waals surface area contributed by atoms with Crippen molar-refractivity contribution in [2.45, 2.75) is 32.2 Å². The lowest BCUT2D eigenvalue weighted by Gasteiger charge is -2.48. The van der Waals surface area contributed by atoms with Gasteiger partial charge in [0.15, 0.2) is 11.5 Å². The van der Waals surface area contributed by atoms with Crippen LogP contribution in [0, 0.1) is 0 Å². The lowest BCUT2D eigenvalue weighted by atomic mass is 9.86. The van der Waals surface area contributed by atoms with Gasteiger partial charge in [0.25, 0.3) is 5.91 Å². The van der Waals surface area contributed by atoms with Crippen LogP contribution >= 0.6 is 0 Å². The van der Waals surface area contributed by atoms with E-state index in [1.54, 1.807) is 6.07 Å². The van der Waals surface area contributed by atoms with Crippen molar-refractivity contribution in [1.29, 1.82) is 0 Å². The first-order chi connectivity index (χ1) is 9.08. The third-order valence-electron chi connectivity index (χ3n) is 3.30. The third kappa shape index (κ3) is 3.01. The maximum atomic E-state index is 11.6. The van der Waals surface area contributed by atoms with Gasteiger partial charge in [0.05, 0.1) is 5.54 Å². The van der Waals surface area contributed by atoms with Gasteiger partial charge >= 0.3 is 0 Å². The number of amides is 1. The van der Waals surface area contributed by atoms with E-state index < -0.39 is 0 Å². The summed E-state index contributed by atoms with van der Waals surface area (Å²) in [6.45, 7) is 6.19. The van der Waals surface area contributed by atoms with Crippen LogP contribution in [0.2, 0.25) is 0 Å². The fourth-order valence-electron chi connectivity index (χ4n) is 2.40. The van der Waals surface area contributed by atoms with Crippen LogP contribution in [-0.2, 0) is 0 Å². The number of carbonyl (C=O) groups excluding carboxylic acids is 1. The highest BCUT2D eigenvalue weighted by molar-refractivity contribution is 5.92. The Morgan fingerprint density at radius 2 is 2.16 bits per heavy atom. The van der Waals surface area contributed by atoms with Crippen molar-refractivity contribution in [3.05, 3.63) is 17.8 Å². The zero-order valence-electron chi connectivity index (χ0n) is 11.5. The number of carbonyl (C=O) groups is 1. The number of nitrogens with two attached hydrogens (primary N) is 1. The van der Waals surface area contributed by atoms with E-state index >= 15 is 0 Å². The first kappa shape index (κ1) is 13.7. The Morgan fingerprint density at radius 1 is 1.42 bits per heavy atom. The van der Waals surface area contributed by atoms with E-state index in [9.17, 15) is 4.79 Å². The quantitative estimate of drug-likeness (QED) is 0.810. The molecule has 0 aliphatic carbocycles. The number of aromatic nitrogens is 2. The van der Waals surface area contributed by atoms with Crippen molar-refractivity contribution < 1.29 is 4.79 Å². The summed E-state index contributed by atoms with van der Waals surface area (Å²) in [5.41, 5.74) is 6.46. The molecule has 1 aromatic heterocycles. The topological polar surface area (TPSA) is 84.1 Å². The van der Waals surface area contributed by atoms with Crippen LogP contribution in [-0.4, -0.2) is 41.3 Å². The van der Waals surface area contributed by atoms with Crippen molar-refractivity contribution in [2.75, 3.05) is 24.5 Å². The largest absolute Gasteiger partial charge is 0.351 e. The fourth-order valence-corrected chi connectivity index (χ4v) is 2.40. The van der Waals surface area contributed by atoms with Crippen LogP contribution in [0.25, 0.3) is 0 Å². The summed E-state index contributed by atoms with van der Waals surface area (Å²) < 4.78 is 0. The normalized spacial score (nSPS) is 16.9. The molecule has 1 aliphatic heterocycles. The second-order valence-electron chi connectivity index (χ2n) is 5.10. The average Bonchev–Trinajstić information content (AvgIpc) is 2.36. The summed E-state index contributed by atoms with van der Waals surface area (Å²) in [6.07, 6.45) is 2.11. The molecule has 104 valence electrons. The Morgan fingerprint density at radius 3 is 2.68 bits per heavy atom. The molecule has 2 heterocycles. The number of nitrogens with zero attached hydrogens (tertiary/aromatic N) is 3. The lowest BCUT2D eigenvalue weighted by Crippen LogP contribution is -2.67. The SMILES string of the molecule is CCCC1(N)CN(c2ccc(C(=O)NCC)nn2)C1. The van der Waals surface area contributed by atoms with Crippen LogP contribution in [0.15, 0.2) is 12.1 Å². The maximum Gasteiger partial charge on any atom is 0.271 e. The van der Waals surface area contributed by atoms with E-state index in [0.29, 0.717) is 12.2 Å². The zero-order valence-corrected chi connectivity index (χ0v) is 11.5. The summed E-state index contributed by atoms with van der Waals surface area (Å²) in [6, 6.07) is 3.52. The summed E-state index contributed by atoms with van der Waals surface area (Å²) >= 11 is 0. The summed E-state index contributed by atoms with van der Waals surface area (Å²) in [7, 11) is 0. The molecule has 1 amide bonds. The minimum absolute atomic E-state index is 0.0886. The molecule has 1 aliphatic rings. The predicted octanol–water partition coefficient (Wildman–Crippen LogP) is 0.544. The maximum absolute atomic E-state index is 11.6. The molecule has 19 heavy (non-hydrogen) atoms. The second kappa shape index (κ2) is 5.52. The van der Waals surface area contributed by atoms with Crippen LogP contribution in [0.5, 0.6) is 0 Å². The molecule has 0 radical (unpaired) electrons. The lowest BCUT2D eigenvalue weighted by molar-refractivity contribution is 0.0950. The first-order valence-electron chi connectivity index (χ1n) is 6.74. The molecule has 1 fully saturated rings. The third-order valence-corrected chi connectivity index (χ3v) is 3.30. The van der Waals surface area contributed by atoms with E-state index in [-0.39, 0.29) is 11.4 Å². The molecular weight excluding hydrogens is 242 g/mol. The molecule has 6 nitrogen and oxygen atoms in total. The van der Waals surface area contributed by atoms with Gasteiger partial charge in [-0.1, -0.05) is 13.3 Å². The standard InChI is InChI=1S/C13H21N5O/c1-3-7-13(14)8-18(9-13)11-6-5-10(16-17-11)12(19)15-4-2/h5-6H,3-4,7-9,14H2,1-2H3,(H,15,19). The van der Waals surface area contributed by atoms with E-state index in [4.69, 9.17) is 5.73 Å². The minimum atomic E-state index is -0.190. The molecule has 1 saturated heterocycles. The zero-order chi connectivity index (χ0) is 13.9. The van der Waals surface area contributed by atoms with Gasteiger partial charge in [-0.05, 0) is 25.5 Å². The smallest absolute Gasteiger partial charge is 0.271 e. The summed E-state index contributed by atoms with van der Waals surface area (Å²) in [5, 5.41) is 10.7. The van der Waals surface area contributed by atoms with Gasteiger partial charge in [0.1, 0.15) is 0 Å². The van der Waals surface area contributed by atoms with Gasteiger partial charge in [-0.3, -0.25) is 4.79 Å². The Labute approximate surface area is 113 Å². The molecule has 6 heteroatoms. The molecule has 1 aromatic rings. The van der Waals surface area contributed by atoms with Crippen molar-refractivity contribution in [1.82, 2.24) is 15.5 Å². The van der Waals surface area contributed by atoms with Crippen molar-refractivity contribution in [2.24, 2.45) is 5.73 Å². The fraction of sp³-hybridized carbons (Fsp3) is 0.615. The van der Waals surface area contributed by atoms with Crippen LogP contribution in [0.4, 0.5) is 5.82 Å². The van der Waals surface area contributed by atoms with Gasteiger partial charge in [-0.15, -0.1) is 10.2 Å². The number of hydrogen-bond acceptors (Lipinski definition) is 5. The Balaban J connectivity index is 1.95. The van der Waals surface area contributed by atoms with E-state index in [1.165, 1.54) is 0 Å². The number of rotatable bonds is 5. The monoisotopic (exact) mass is 263 g/mol. The molecule has 0 aromatic carbocycles. The molecule has 2 rings (SSSR count). The number of hydrogen-bond donors (Lipinski definition) is 2. The summed E-state index contributed by atoms with van der Waals surface area (Å²) in [5.74, 6) is 0.592. The highest BCUT2D eigenvalue weighted by Crippen LogP contribution is 2.27. The van der Waals surface area contributed by atoms with E-state index in [0.717, 1.165) is 31.7 Å². The molecule has 0 spiro atoms. The van der Waals surface area contributed by atoms with Gasteiger partial charge in [-0.25, -0.2) is 0 Å². The van der Waals surface area contributed by atoms with Crippen molar-refractivity contribution in [3.8, 4) is 0 Å². The Bertz CT molecular complexity index is 439. The number of nitrogens with one attached hydrogen (secondary N) is 1. The van der Waals surface area contributed by atoms with Crippen molar-refractivity contribution >= 4 is 11.7 Å². The summed E-state index contributed by atoms with van der Waals surface area (Å²) in [4.78, 5) is 13.6. The van der Waals surface area contributed by atoms with E-state index in [1.807, 2.05) is 13.0 Å². The predicted molar refractivity (Wildman–Crippen MR) is 74.1 cm³/mol. The highest BCUT2D eigenvalue weighted by atomic mass is 16.1. The first-order valence-corrected chi connectivity index (χ1v) is 6.74. The Hall–Kier alpha value is -1.69. The molecule has 0 bridgehead atoms.